The molecule has 1 aromatic carbocycles. The zero-order chi connectivity index (χ0) is 12.4. The van der Waals surface area contributed by atoms with Gasteiger partial charge in [-0.15, -0.1) is 0 Å². The van der Waals surface area contributed by atoms with Crippen LogP contribution in [0.4, 0.5) is 4.39 Å². The quantitative estimate of drug-likeness (QED) is 0.883. The molecule has 0 saturated carbocycles. The molecule has 0 bridgehead atoms. The molecule has 2 aromatic rings. The van der Waals surface area contributed by atoms with Gasteiger partial charge in [0.1, 0.15) is 5.82 Å². The Balaban J connectivity index is 2.60. The van der Waals surface area contributed by atoms with Crippen molar-refractivity contribution >= 4 is 0 Å². The Morgan fingerprint density at radius 3 is 2.76 bits per heavy atom. The fourth-order valence-corrected chi connectivity index (χ4v) is 1.81. The first kappa shape index (κ1) is 11.8. The number of imidazole rings is 1. The van der Waals surface area contributed by atoms with Crippen molar-refractivity contribution in [1.29, 1.82) is 0 Å². The van der Waals surface area contributed by atoms with Gasteiger partial charge in [-0.1, -0.05) is 0 Å². The monoisotopic (exact) mass is 233 g/mol. The van der Waals surface area contributed by atoms with Gasteiger partial charge in [0.15, 0.2) is 0 Å². The second-order valence-electron chi connectivity index (χ2n) is 4.14. The Morgan fingerprint density at radius 1 is 1.41 bits per heavy atom. The van der Waals surface area contributed by atoms with E-state index in [4.69, 9.17) is 0 Å². The van der Waals surface area contributed by atoms with E-state index in [1.54, 1.807) is 25.5 Å². The van der Waals surface area contributed by atoms with Crippen LogP contribution in [0.2, 0.25) is 0 Å². The van der Waals surface area contributed by atoms with Crippen LogP contribution < -0.4 is 5.32 Å². The highest BCUT2D eigenvalue weighted by atomic mass is 19.1. The maximum absolute atomic E-state index is 13.6. The number of halogens is 1. The molecule has 2 rings (SSSR count). The summed E-state index contributed by atoms with van der Waals surface area (Å²) < 4.78 is 15.5. The maximum Gasteiger partial charge on any atom is 0.126 e. The lowest BCUT2D eigenvalue weighted by Gasteiger charge is -2.17. The summed E-state index contributed by atoms with van der Waals surface area (Å²) in [6.45, 7) is 3.77. The zero-order valence-electron chi connectivity index (χ0n) is 10.2. The number of rotatable bonds is 3. The zero-order valence-corrected chi connectivity index (χ0v) is 10.2. The standard InChI is InChI=1S/C13H16FN3/c1-9-6-13(17-5-4-16-8-17)11(7-12(9)14)10(2)15-3/h4-8,10,15H,1-3H3. The Kier molecular flexibility index (Phi) is 3.24. The first-order chi connectivity index (χ1) is 8.13. The number of aromatic nitrogens is 2. The summed E-state index contributed by atoms with van der Waals surface area (Å²) in [5.74, 6) is -0.175. The summed E-state index contributed by atoms with van der Waals surface area (Å²) in [6.07, 6.45) is 5.30. The first-order valence-electron chi connectivity index (χ1n) is 5.59. The highest BCUT2D eigenvalue weighted by Crippen LogP contribution is 2.24. The van der Waals surface area contributed by atoms with Gasteiger partial charge in [-0.3, -0.25) is 0 Å². The van der Waals surface area contributed by atoms with Crippen molar-refractivity contribution in [2.75, 3.05) is 7.05 Å². The molecule has 0 aliphatic heterocycles. The molecule has 17 heavy (non-hydrogen) atoms. The van der Waals surface area contributed by atoms with Gasteiger partial charge in [0.25, 0.3) is 0 Å². The summed E-state index contributed by atoms with van der Waals surface area (Å²) in [6, 6.07) is 3.52. The van der Waals surface area contributed by atoms with Gasteiger partial charge >= 0.3 is 0 Å². The molecule has 1 heterocycles. The average molecular weight is 233 g/mol. The molecule has 1 unspecified atom stereocenters. The van der Waals surface area contributed by atoms with E-state index >= 15 is 0 Å². The molecule has 0 saturated heterocycles. The van der Waals surface area contributed by atoms with Crippen LogP contribution >= 0.6 is 0 Å². The van der Waals surface area contributed by atoms with Gasteiger partial charge in [-0.2, -0.15) is 0 Å². The van der Waals surface area contributed by atoms with E-state index in [1.165, 1.54) is 0 Å². The predicted octanol–water partition coefficient (Wildman–Crippen LogP) is 2.60. The van der Waals surface area contributed by atoms with Crippen LogP contribution in [-0.2, 0) is 0 Å². The van der Waals surface area contributed by atoms with Crippen LogP contribution in [0.3, 0.4) is 0 Å². The lowest BCUT2D eigenvalue weighted by atomic mass is 10.0. The largest absolute Gasteiger partial charge is 0.313 e. The fraction of sp³-hybridized carbons (Fsp3) is 0.308. The van der Waals surface area contributed by atoms with Crippen molar-refractivity contribution in [3.05, 3.63) is 47.8 Å². The number of benzene rings is 1. The third kappa shape index (κ3) is 2.22. The molecule has 90 valence electrons. The van der Waals surface area contributed by atoms with E-state index in [9.17, 15) is 4.39 Å². The van der Waals surface area contributed by atoms with Gasteiger partial charge in [0.2, 0.25) is 0 Å². The molecule has 1 atom stereocenters. The second-order valence-corrected chi connectivity index (χ2v) is 4.14. The van der Waals surface area contributed by atoms with E-state index in [1.807, 2.05) is 30.8 Å². The van der Waals surface area contributed by atoms with E-state index in [0.717, 1.165) is 11.3 Å². The number of nitrogens with one attached hydrogen (secondary N) is 1. The van der Waals surface area contributed by atoms with E-state index < -0.39 is 0 Å². The Morgan fingerprint density at radius 2 is 2.18 bits per heavy atom. The number of hydrogen-bond donors (Lipinski definition) is 1. The van der Waals surface area contributed by atoms with Gasteiger partial charge in [-0.25, -0.2) is 9.37 Å². The smallest absolute Gasteiger partial charge is 0.126 e. The van der Waals surface area contributed by atoms with E-state index in [0.29, 0.717) is 5.56 Å². The summed E-state index contributed by atoms with van der Waals surface area (Å²) in [5.41, 5.74) is 2.53. The molecule has 1 aromatic heterocycles. The van der Waals surface area contributed by atoms with Crippen LogP contribution in [-0.4, -0.2) is 16.6 Å². The minimum Gasteiger partial charge on any atom is -0.313 e. The highest BCUT2D eigenvalue weighted by molar-refractivity contribution is 5.46. The minimum absolute atomic E-state index is 0.0856. The maximum atomic E-state index is 13.6. The van der Waals surface area contributed by atoms with Crippen LogP contribution in [0.5, 0.6) is 0 Å². The van der Waals surface area contributed by atoms with E-state index in [-0.39, 0.29) is 11.9 Å². The van der Waals surface area contributed by atoms with Crippen LogP contribution in [0.1, 0.15) is 24.1 Å². The average Bonchev–Trinajstić information content (AvgIpc) is 2.84. The Bertz CT molecular complexity index is 506. The van der Waals surface area contributed by atoms with Crippen LogP contribution in [0.25, 0.3) is 5.69 Å². The van der Waals surface area contributed by atoms with Gasteiger partial charge < -0.3 is 9.88 Å². The van der Waals surface area contributed by atoms with Crippen molar-refractivity contribution in [3.63, 3.8) is 0 Å². The van der Waals surface area contributed by atoms with Crippen LogP contribution in [0, 0.1) is 12.7 Å². The lowest BCUT2D eigenvalue weighted by molar-refractivity contribution is 0.599. The summed E-state index contributed by atoms with van der Waals surface area (Å²) in [4.78, 5) is 4.03. The van der Waals surface area contributed by atoms with Crippen molar-refractivity contribution in [2.24, 2.45) is 0 Å². The number of hydrogen-bond acceptors (Lipinski definition) is 2. The van der Waals surface area contributed by atoms with Crippen molar-refractivity contribution in [1.82, 2.24) is 14.9 Å². The molecular weight excluding hydrogens is 217 g/mol. The molecule has 4 heteroatoms. The number of nitrogens with zero attached hydrogens (tertiary/aromatic N) is 2. The molecule has 1 N–H and O–H groups in total. The topological polar surface area (TPSA) is 29.9 Å². The predicted molar refractivity (Wildman–Crippen MR) is 65.7 cm³/mol. The van der Waals surface area contributed by atoms with Crippen molar-refractivity contribution in [2.45, 2.75) is 19.9 Å². The molecular formula is C13H16FN3. The van der Waals surface area contributed by atoms with Crippen LogP contribution in [0.15, 0.2) is 30.9 Å². The normalized spacial score (nSPS) is 12.7. The number of aryl methyl sites for hydroxylation is 1. The summed E-state index contributed by atoms with van der Waals surface area (Å²) in [7, 11) is 1.86. The first-order valence-corrected chi connectivity index (χ1v) is 5.59. The SMILES string of the molecule is CNC(C)c1cc(F)c(C)cc1-n1ccnc1. The third-order valence-corrected chi connectivity index (χ3v) is 2.99. The van der Waals surface area contributed by atoms with Crippen molar-refractivity contribution in [3.8, 4) is 5.69 Å². The molecule has 0 radical (unpaired) electrons. The second kappa shape index (κ2) is 4.67. The molecule has 0 aliphatic carbocycles. The summed E-state index contributed by atoms with van der Waals surface area (Å²) >= 11 is 0. The van der Waals surface area contributed by atoms with Gasteiger partial charge in [0, 0.05) is 18.4 Å². The summed E-state index contributed by atoms with van der Waals surface area (Å²) in [5, 5.41) is 3.13. The third-order valence-electron chi connectivity index (χ3n) is 2.99. The Hall–Kier alpha value is -1.68. The van der Waals surface area contributed by atoms with Gasteiger partial charge in [0.05, 0.1) is 12.0 Å². The molecule has 3 nitrogen and oxygen atoms in total. The molecule has 0 spiro atoms. The van der Waals surface area contributed by atoms with Crippen molar-refractivity contribution < 1.29 is 4.39 Å². The molecule has 0 fully saturated rings. The van der Waals surface area contributed by atoms with Gasteiger partial charge in [-0.05, 0) is 44.2 Å². The minimum atomic E-state index is -0.175. The van der Waals surface area contributed by atoms with E-state index in [2.05, 4.69) is 10.3 Å². The highest BCUT2D eigenvalue weighted by Gasteiger charge is 2.13. The molecule has 0 aliphatic rings. The Labute approximate surface area is 100 Å². The molecule has 0 amide bonds. The lowest BCUT2D eigenvalue weighted by Crippen LogP contribution is -2.15. The fourth-order valence-electron chi connectivity index (χ4n) is 1.81.